The summed E-state index contributed by atoms with van der Waals surface area (Å²) in [4.78, 5) is 10.5. The Kier molecular flexibility index (Phi) is 1.40. The van der Waals surface area contributed by atoms with Gasteiger partial charge in [0, 0.05) is 5.54 Å². The van der Waals surface area contributed by atoms with E-state index in [1.807, 2.05) is 0 Å². The molecule has 1 aliphatic heterocycles. The molecule has 0 aromatic heterocycles. The van der Waals surface area contributed by atoms with Gasteiger partial charge in [0.2, 0.25) is 0 Å². The second-order valence-corrected chi connectivity index (χ2v) is 3.39. The van der Waals surface area contributed by atoms with Crippen LogP contribution in [-0.2, 0) is 9.53 Å². The highest BCUT2D eigenvalue weighted by Crippen LogP contribution is 2.39. The number of ether oxygens (including phenoxy) is 1. The Hall–Kier alpha value is -0.610. The van der Waals surface area contributed by atoms with Crippen LogP contribution in [0.5, 0.6) is 0 Å². The van der Waals surface area contributed by atoms with Crippen LogP contribution in [0.4, 0.5) is 0 Å². The van der Waals surface area contributed by atoms with Crippen molar-refractivity contribution < 1.29 is 14.6 Å². The normalized spacial score (nSPS) is 42.4. The molecule has 0 amide bonds. The minimum absolute atomic E-state index is 0.0169. The molecule has 1 aliphatic carbocycles. The zero-order chi connectivity index (χ0) is 7.90. The molecular formula is C7H11NO3. The summed E-state index contributed by atoms with van der Waals surface area (Å²) in [5.74, 6) is -0.825. The minimum atomic E-state index is -0.677. The first kappa shape index (κ1) is 7.06. The van der Waals surface area contributed by atoms with Gasteiger partial charge in [0.05, 0.1) is 19.3 Å². The van der Waals surface area contributed by atoms with Gasteiger partial charge in [-0.3, -0.25) is 10.1 Å². The van der Waals surface area contributed by atoms with E-state index in [0.717, 1.165) is 12.8 Å². The fourth-order valence-corrected chi connectivity index (χ4v) is 1.82. The van der Waals surface area contributed by atoms with E-state index >= 15 is 0 Å². The fourth-order valence-electron chi connectivity index (χ4n) is 1.82. The van der Waals surface area contributed by atoms with Crippen LogP contribution in [-0.4, -0.2) is 30.0 Å². The first-order valence-electron chi connectivity index (χ1n) is 3.77. The van der Waals surface area contributed by atoms with E-state index in [1.165, 1.54) is 0 Å². The maximum absolute atomic E-state index is 10.5. The predicted molar refractivity (Wildman–Crippen MR) is 37.0 cm³/mol. The summed E-state index contributed by atoms with van der Waals surface area (Å²) in [6.45, 7) is 1.25. The van der Waals surface area contributed by atoms with Crippen molar-refractivity contribution in [2.75, 3.05) is 13.3 Å². The zero-order valence-corrected chi connectivity index (χ0v) is 6.17. The summed E-state index contributed by atoms with van der Waals surface area (Å²) in [5.41, 5.74) is 0.0169. The van der Waals surface area contributed by atoms with Crippen LogP contribution in [0, 0.1) is 5.92 Å². The molecule has 0 bridgehead atoms. The quantitative estimate of drug-likeness (QED) is 0.553. The van der Waals surface area contributed by atoms with Crippen LogP contribution in [0.1, 0.15) is 12.8 Å². The molecule has 1 heterocycles. The second kappa shape index (κ2) is 2.19. The molecule has 4 heteroatoms. The van der Waals surface area contributed by atoms with Gasteiger partial charge in [-0.2, -0.15) is 0 Å². The third-order valence-corrected chi connectivity index (χ3v) is 2.55. The standard InChI is InChI=1S/C7H11NO3/c9-6(10)5-1-7(2-5)3-11-4-8-7/h5,8H,1-4H2,(H,9,10). The molecule has 2 N–H and O–H groups in total. The van der Waals surface area contributed by atoms with E-state index in [0.29, 0.717) is 13.3 Å². The lowest BCUT2D eigenvalue weighted by molar-refractivity contribution is -0.147. The number of hydrogen-bond donors (Lipinski definition) is 2. The summed E-state index contributed by atoms with van der Waals surface area (Å²) in [6.07, 6.45) is 1.45. The van der Waals surface area contributed by atoms with Crippen molar-refractivity contribution in [3.63, 3.8) is 0 Å². The summed E-state index contributed by atoms with van der Waals surface area (Å²) in [5, 5.41) is 11.8. The van der Waals surface area contributed by atoms with Crippen LogP contribution < -0.4 is 5.32 Å². The molecule has 0 aromatic carbocycles. The molecule has 2 rings (SSSR count). The van der Waals surface area contributed by atoms with Crippen LogP contribution >= 0.6 is 0 Å². The summed E-state index contributed by atoms with van der Waals surface area (Å²) in [6, 6.07) is 0. The lowest BCUT2D eigenvalue weighted by atomic mass is 9.69. The Morgan fingerprint density at radius 1 is 1.64 bits per heavy atom. The SMILES string of the molecule is O=C(O)C1CC2(COCN2)C1. The highest BCUT2D eigenvalue weighted by Gasteiger charge is 2.49. The lowest BCUT2D eigenvalue weighted by Gasteiger charge is -2.41. The van der Waals surface area contributed by atoms with Crippen molar-refractivity contribution in [1.29, 1.82) is 0 Å². The van der Waals surface area contributed by atoms with Gasteiger partial charge in [0.15, 0.2) is 0 Å². The molecule has 11 heavy (non-hydrogen) atoms. The number of hydrogen-bond acceptors (Lipinski definition) is 3. The molecule has 0 aromatic rings. The molecule has 1 saturated heterocycles. The maximum atomic E-state index is 10.5. The van der Waals surface area contributed by atoms with Crippen molar-refractivity contribution in [3.8, 4) is 0 Å². The van der Waals surface area contributed by atoms with E-state index < -0.39 is 5.97 Å². The largest absolute Gasteiger partial charge is 0.481 e. The van der Waals surface area contributed by atoms with Crippen molar-refractivity contribution in [1.82, 2.24) is 5.32 Å². The maximum Gasteiger partial charge on any atom is 0.306 e. The van der Waals surface area contributed by atoms with Gasteiger partial charge in [0.1, 0.15) is 0 Å². The van der Waals surface area contributed by atoms with Crippen LogP contribution in [0.2, 0.25) is 0 Å². The van der Waals surface area contributed by atoms with E-state index in [4.69, 9.17) is 9.84 Å². The van der Waals surface area contributed by atoms with Crippen molar-refractivity contribution in [2.24, 2.45) is 5.92 Å². The summed E-state index contributed by atoms with van der Waals surface area (Å²) in [7, 11) is 0. The number of nitrogens with one attached hydrogen (secondary N) is 1. The number of carbonyl (C=O) groups is 1. The number of carboxylic acid groups (broad SMARTS) is 1. The average molecular weight is 157 g/mol. The molecule has 1 saturated carbocycles. The van der Waals surface area contributed by atoms with E-state index in [1.54, 1.807) is 0 Å². The molecule has 2 fully saturated rings. The third kappa shape index (κ3) is 1.02. The Bertz CT molecular complexity index is 178. The second-order valence-electron chi connectivity index (χ2n) is 3.39. The molecule has 0 radical (unpaired) electrons. The number of carboxylic acids is 1. The summed E-state index contributed by atoms with van der Waals surface area (Å²) < 4.78 is 5.13. The molecule has 2 aliphatic rings. The topological polar surface area (TPSA) is 58.6 Å². The Morgan fingerprint density at radius 3 is 2.82 bits per heavy atom. The van der Waals surface area contributed by atoms with Crippen LogP contribution in [0.15, 0.2) is 0 Å². The zero-order valence-electron chi connectivity index (χ0n) is 6.17. The lowest BCUT2D eigenvalue weighted by Crippen LogP contribution is -2.55. The average Bonchev–Trinajstić information content (AvgIpc) is 2.29. The first-order chi connectivity index (χ1) is 5.22. The number of aliphatic carboxylic acids is 1. The van der Waals surface area contributed by atoms with Gasteiger partial charge >= 0.3 is 5.97 Å². The van der Waals surface area contributed by atoms with Crippen molar-refractivity contribution >= 4 is 5.97 Å². The molecule has 0 unspecified atom stereocenters. The molecule has 4 nitrogen and oxygen atoms in total. The Balaban J connectivity index is 1.91. The van der Waals surface area contributed by atoms with Gasteiger partial charge in [-0.25, -0.2) is 0 Å². The highest BCUT2D eigenvalue weighted by molar-refractivity contribution is 5.71. The van der Waals surface area contributed by atoms with Gasteiger partial charge in [0.25, 0.3) is 0 Å². The van der Waals surface area contributed by atoms with Gasteiger partial charge < -0.3 is 9.84 Å². The Labute approximate surface area is 64.5 Å². The summed E-state index contributed by atoms with van der Waals surface area (Å²) >= 11 is 0. The predicted octanol–water partition coefficient (Wildman–Crippen LogP) is -0.203. The fraction of sp³-hybridized carbons (Fsp3) is 0.857. The third-order valence-electron chi connectivity index (χ3n) is 2.55. The molecule has 0 atom stereocenters. The van der Waals surface area contributed by atoms with Crippen molar-refractivity contribution in [2.45, 2.75) is 18.4 Å². The number of rotatable bonds is 1. The van der Waals surface area contributed by atoms with E-state index in [2.05, 4.69) is 5.32 Å². The molecule has 1 spiro atoms. The van der Waals surface area contributed by atoms with Crippen LogP contribution in [0.25, 0.3) is 0 Å². The van der Waals surface area contributed by atoms with Gasteiger partial charge in [-0.1, -0.05) is 0 Å². The van der Waals surface area contributed by atoms with Crippen LogP contribution in [0.3, 0.4) is 0 Å². The molecular weight excluding hydrogens is 146 g/mol. The van der Waals surface area contributed by atoms with Crippen molar-refractivity contribution in [3.05, 3.63) is 0 Å². The van der Waals surface area contributed by atoms with E-state index in [9.17, 15) is 4.79 Å². The van der Waals surface area contributed by atoms with Gasteiger partial charge in [-0.05, 0) is 12.8 Å². The Morgan fingerprint density at radius 2 is 2.36 bits per heavy atom. The monoisotopic (exact) mass is 157 g/mol. The van der Waals surface area contributed by atoms with Gasteiger partial charge in [-0.15, -0.1) is 0 Å². The minimum Gasteiger partial charge on any atom is -0.481 e. The smallest absolute Gasteiger partial charge is 0.306 e. The van der Waals surface area contributed by atoms with E-state index in [-0.39, 0.29) is 11.5 Å². The first-order valence-corrected chi connectivity index (χ1v) is 3.77. The highest BCUT2D eigenvalue weighted by atomic mass is 16.5. The molecule has 62 valence electrons.